The highest BCUT2D eigenvalue weighted by molar-refractivity contribution is 5.73. The number of nitrogens with one attached hydrogen (secondary N) is 1. The first-order valence-electron chi connectivity index (χ1n) is 4.59. The number of hydrogen-bond acceptors (Lipinski definition) is 7. The predicted molar refractivity (Wildman–Crippen MR) is 50.9 cm³/mol. The van der Waals surface area contributed by atoms with Gasteiger partial charge < -0.3 is 36.0 Å². The molecule has 5 atom stereocenters. The lowest BCUT2D eigenvalue weighted by molar-refractivity contribution is -0.150. The topological polar surface area (TPSA) is 150 Å². The van der Waals surface area contributed by atoms with Crippen molar-refractivity contribution in [3.63, 3.8) is 0 Å². The van der Waals surface area contributed by atoms with Crippen LogP contribution in [0.4, 0.5) is 0 Å². The van der Waals surface area contributed by atoms with Crippen molar-refractivity contribution >= 4 is 5.91 Å². The van der Waals surface area contributed by atoms with E-state index in [1.165, 1.54) is 0 Å². The van der Waals surface area contributed by atoms with Crippen molar-refractivity contribution in [2.45, 2.75) is 37.6 Å². The predicted octanol–water partition coefficient (Wildman–Crippen LogP) is -4.12. The van der Waals surface area contributed by atoms with Crippen LogP contribution in [-0.2, 0) is 4.79 Å². The smallest absolute Gasteiger partial charge is 0.218 e. The molecule has 1 amide bonds. The van der Waals surface area contributed by atoms with E-state index in [1.54, 1.807) is 0 Å². The van der Waals surface area contributed by atoms with Gasteiger partial charge in [0.15, 0.2) is 6.23 Å². The van der Waals surface area contributed by atoms with Gasteiger partial charge in [-0.2, -0.15) is 0 Å². The van der Waals surface area contributed by atoms with E-state index in [4.69, 9.17) is 15.3 Å². The maximum atomic E-state index is 10.5. The molecule has 8 nitrogen and oxygen atoms in total. The molecule has 0 heterocycles. The first-order chi connectivity index (χ1) is 7.31. The van der Waals surface area contributed by atoms with Crippen LogP contribution in [0.3, 0.4) is 0 Å². The minimum atomic E-state index is -1.91. The Morgan fingerprint density at radius 1 is 1.06 bits per heavy atom. The van der Waals surface area contributed by atoms with Crippen molar-refractivity contribution in [3.8, 4) is 0 Å². The minimum Gasteiger partial charge on any atom is -0.394 e. The van der Waals surface area contributed by atoms with Gasteiger partial charge in [0, 0.05) is 6.92 Å². The molecule has 0 bridgehead atoms. The van der Waals surface area contributed by atoms with Crippen LogP contribution in [0.1, 0.15) is 6.92 Å². The Labute approximate surface area is 91.8 Å². The van der Waals surface area contributed by atoms with E-state index in [-0.39, 0.29) is 0 Å². The standard InChI is InChI=1S/C8H17NO7/c1-3(11)9-8(16)7(15)6(14)5(13)4(12)2-10/h4-8,10,12-16H,2H2,1H3,(H,9,11)/t4-,5-,6+,7-,8?/m1/s1. The zero-order chi connectivity index (χ0) is 12.9. The van der Waals surface area contributed by atoms with Crippen molar-refractivity contribution in [2.24, 2.45) is 0 Å². The molecule has 0 aliphatic heterocycles. The first kappa shape index (κ1) is 15.2. The molecule has 0 aliphatic rings. The fraction of sp³-hybridized carbons (Fsp3) is 0.875. The van der Waals surface area contributed by atoms with Crippen LogP contribution in [0.25, 0.3) is 0 Å². The largest absolute Gasteiger partial charge is 0.394 e. The molecule has 7 N–H and O–H groups in total. The van der Waals surface area contributed by atoms with Gasteiger partial charge >= 0.3 is 0 Å². The fourth-order valence-electron chi connectivity index (χ4n) is 1.02. The summed E-state index contributed by atoms with van der Waals surface area (Å²) < 4.78 is 0. The molecule has 0 radical (unpaired) electrons. The SMILES string of the molecule is CC(=O)NC(O)[C@H](O)[C@@H](O)[C@H](O)[C@H](O)CO. The molecule has 0 aromatic heterocycles. The molecule has 96 valence electrons. The average molecular weight is 239 g/mol. The number of hydrogen-bond donors (Lipinski definition) is 7. The van der Waals surface area contributed by atoms with E-state index >= 15 is 0 Å². The van der Waals surface area contributed by atoms with Gasteiger partial charge in [-0.3, -0.25) is 4.79 Å². The second-order valence-corrected chi connectivity index (χ2v) is 3.37. The lowest BCUT2D eigenvalue weighted by Gasteiger charge is -2.28. The van der Waals surface area contributed by atoms with Crippen LogP contribution in [-0.4, -0.2) is 73.8 Å². The molecule has 0 saturated carbocycles. The van der Waals surface area contributed by atoms with E-state index in [2.05, 4.69) is 0 Å². The summed E-state index contributed by atoms with van der Waals surface area (Å²) in [4.78, 5) is 10.5. The highest BCUT2D eigenvalue weighted by atomic mass is 16.4. The molecule has 0 aliphatic carbocycles. The van der Waals surface area contributed by atoms with Gasteiger partial charge in [0.1, 0.15) is 24.4 Å². The summed E-state index contributed by atoms with van der Waals surface area (Å²) in [6.45, 7) is 0.266. The first-order valence-corrected chi connectivity index (χ1v) is 4.59. The number of amides is 1. The van der Waals surface area contributed by atoms with Crippen molar-refractivity contribution in [1.82, 2.24) is 5.32 Å². The molecular weight excluding hydrogens is 222 g/mol. The van der Waals surface area contributed by atoms with E-state index < -0.39 is 43.2 Å². The third kappa shape index (κ3) is 4.39. The van der Waals surface area contributed by atoms with Crippen molar-refractivity contribution in [3.05, 3.63) is 0 Å². The molecule has 8 heteroatoms. The maximum absolute atomic E-state index is 10.5. The Balaban J connectivity index is 4.35. The number of aliphatic hydroxyl groups excluding tert-OH is 6. The van der Waals surface area contributed by atoms with Gasteiger partial charge in [-0.15, -0.1) is 0 Å². The lowest BCUT2D eigenvalue weighted by atomic mass is 10.0. The van der Waals surface area contributed by atoms with Gasteiger partial charge in [0.25, 0.3) is 0 Å². The van der Waals surface area contributed by atoms with Crippen molar-refractivity contribution < 1.29 is 35.4 Å². The van der Waals surface area contributed by atoms with Gasteiger partial charge in [-0.25, -0.2) is 0 Å². The molecule has 16 heavy (non-hydrogen) atoms. The normalized spacial score (nSPS) is 20.7. The number of rotatable bonds is 6. The Bertz CT molecular complexity index is 224. The molecule has 0 saturated heterocycles. The van der Waals surface area contributed by atoms with Gasteiger partial charge in [0.05, 0.1) is 6.61 Å². The summed E-state index contributed by atoms with van der Waals surface area (Å²) in [7, 11) is 0. The van der Waals surface area contributed by atoms with E-state index in [0.29, 0.717) is 0 Å². The monoisotopic (exact) mass is 239 g/mol. The fourth-order valence-corrected chi connectivity index (χ4v) is 1.02. The van der Waals surface area contributed by atoms with Gasteiger partial charge in [-0.05, 0) is 0 Å². The van der Waals surface area contributed by atoms with Crippen molar-refractivity contribution in [2.75, 3.05) is 6.61 Å². The summed E-state index contributed by atoms with van der Waals surface area (Å²) in [6.07, 6.45) is -9.09. The molecule has 0 aromatic carbocycles. The second-order valence-electron chi connectivity index (χ2n) is 3.37. The number of carbonyl (C=O) groups is 1. The molecular formula is C8H17NO7. The van der Waals surface area contributed by atoms with Gasteiger partial charge in [-0.1, -0.05) is 0 Å². The van der Waals surface area contributed by atoms with Crippen LogP contribution >= 0.6 is 0 Å². The summed E-state index contributed by atoms with van der Waals surface area (Å²) in [5, 5.41) is 56.3. The van der Waals surface area contributed by atoms with Crippen molar-refractivity contribution in [1.29, 1.82) is 0 Å². The zero-order valence-electron chi connectivity index (χ0n) is 8.69. The van der Waals surface area contributed by atoms with Crippen LogP contribution < -0.4 is 5.32 Å². The highest BCUT2D eigenvalue weighted by Crippen LogP contribution is 2.07. The van der Waals surface area contributed by atoms with E-state index in [1.807, 2.05) is 5.32 Å². The Morgan fingerprint density at radius 2 is 1.56 bits per heavy atom. The Kier molecular flexibility index (Phi) is 6.41. The Morgan fingerprint density at radius 3 is 1.94 bits per heavy atom. The van der Waals surface area contributed by atoms with E-state index in [9.17, 15) is 20.1 Å². The highest BCUT2D eigenvalue weighted by Gasteiger charge is 2.34. The van der Waals surface area contributed by atoms with Crippen LogP contribution in [0.15, 0.2) is 0 Å². The second kappa shape index (κ2) is 6.74. The summed E-state index contributed by atoms with van der Waals surface area (Å²) >= 11 is 0. The van der Waals surface area contributed by atoms with Crippen LogP contribution in [0.2, 0.25) is 0 Å². The molecule has 1 unspecified atom stereocenters. The summed E-state index contributed by atoms with van der Waals surface area (Å²) in [5.41, 5.74) is 0. The lowest BCUT2D eigenvalue weighted by Crippen LogP contribution is -2.54. The Hall–Kier alpha value is -0.770. The third-order valence-corrected chi connectivity index (χ3v) is 1.96. The third-order valence-electron chi connectivity index (χ3n) is 1.96. The molecule has 0 fully saturated rings. The summed E-state index contributed by atoms with van der Waals surface area (Å²) in [5.74, 6) is -0.643. The summed E-state index contributed by atoms with van der Waals surface area (Å²) in [6, 6.07) is 0. The maximum Gasteiger partial charge on any atom is 0.218 e. The van der Waals surface area contributed by atoms with Crippen LogP contribution in [0, 0.1) is 0 Å². The average Bonchev–Trinajstić information content (AvgIpc) is 2.23. The quantitative estimate of drug-likeness (QED) is 0.233. The zero-order valence-corrected chi connectivity index (χ0v) is 8.69. The van der Waals surface area contributed by atoms with Crippen LogP contribution in [0.5, 0.6) is 0 Å². The number of aliphatic hydroxyl groups is 6. The molecule has 0 rings (SSSR count). The molecule has 0 aromatic rings. The van der Waals surface area contributed by atoms with E-state index in [0.717, 1.165) is 6.92 Å². The van der Waals surface area contributed by atoms with Gasteiger partial charge in [0.2, 0.25) is 5.91 Å². The minimum absolute atomic E-state index is 0.643. The number of carbonyl (C=O) groups excluding carboxylic acids is 1. The molecule has 0 spiro atoms.